The number of carbonyl (C=O) groups excluding carboxylic acids is 2. The van der Waals surface area contributed by atoms with Gasteiger partial charge in [-0.1, -0.05) is 18.2 Å². The Morgan fingerprint density at radius 2 is 2.15 bits per heavy atom. The molecule has 0 unspecified atom stereocenters. The average molecular weight is 372 g/mol. The second kappa shape index (κ2) is 8.45. The summed E-state index contributed by atoms with van der Waals surface area (Å²) in [4.78, 5) is 30.5. The highest BCUT2D eigenvalue weighted by molar-refractivity contribution is 7.09. The molecule has 2 amide bonds. The number of aryl methyl sites for hydroxylation is 1. The Morgan fingerprint density at radius 3 is 2.92 bits per heavy atom. The van der Waals surface area contributed by atoms with Crippen LogP contribution in [-0.4, -0.2) is 41.3 Å². The van der Waals surface area contributed by atoms with Crippen molar-refractivity contribution in [3.63, 3.8) is 0 Å². The van der Waals surface area contributed by atoms with Crippen LogP contribution in [0.4, 0.5) is 0 Å². The van der Waals surface area contributed by atoms with Crippen molar-refractivity contribution in [3.8, 4) is 0 Å². The van der Waals surface area contributed by atoms with Gasteiger partial charge in [0.05, 0.1) is 10.7 Å². The summed E-state index contributed by atoms with van der Waals surface area (Å²) in [5.74, 6) is 0.407. The van der Waals surface area contributed by atoms with Gasteiger partial charge in [-0.25, -0.2) is 4.98 Å². The zero-order chi connectivity index (χ0) is 18.5. The van der Waals surface area contributed by atoms with E-state index in [-0.39, 0.29) is 11.8 Å². The maximum absolute atomic E-state index is 12.9. The summed E-state index contributed by atoms with van der Waals surface area (Å²) in [5, 5.41) is 5.97. The molecule has 1 atom stereocenters. The minimum atomic E-state index is -0.0157. The standard InChI is InChI=1S/C20H25N3O2S/c1-14-6-3-4-8-18(14)20(25)23-11-5-7-16(12-23)19-22-17(13-26-19)9-10-21-15(2)24/h3-4,6,8,13,16H,5,7,9-12H2,1-2H3,(H,21,24)/t16-/m1/s1. The first-order valence-electron chi connectivity index (χ1n) is 9.08. The highest BCUT2D eigenvalue weighted by Gasteiger charge is 2.27. The third kappa shape index (κ3) is 4.49. The quantitative estimate of drug-likeness (QED) is 0.878. The number of aromatic nitrogens is 1. The molecule has 0 aliphatic carbocycles. The number of rotatable bonds is 5. The van der Waals surface area contributed by atoms with Gasteiger partial charge in [0.2, 0.25) is 5.91 Å². The molecule has 1 aromatic carbocycles. The number of amides is 2. The second-order valence-corrected chi connectivity index (χ2v) is 7.70. The molecule has 2 aromatic rings. The van der Waals surface area contributed by atoms with Crippen LogP contribution in [0.25, 0.3) is 0 Å². The highest BCUT2D eigenvalue weighted by Crippen LogP contribution is 2.30. The van der Waals surface area contributed by atoms with E-state index in [1.54, 1.807) is 11.3 Å². The lowest BCUT2D eigenvalue weighted by atomic mass is 9.97. The molecular formula is C20H25N3O2S. The van der Waals surface area contributed by atoms with E-state index in [1.165, 1.54) is 6.92 Å². The van der Waals surface area contributed by atoms with E-state index < -0.39 is 0 Å². The Morgan fingerprint density at radius 1 is 1.35 bits per heavy atom. The SMILES string of the molecule is CC(=O)NCCc1csc([C@@H]2CCCN(C(=O)c3ccccc3C)C2)n1. The number of hydrogen-bond donors (Lipinski definition) is 1. The van der Waals surface area contributed by atoms with Gasteiger partial charge in [-0.3, -0.25) is 9.59 Å². The number of nitrogens with one attached hydrogen (secondary N) is 1. The maximum atomic E-state index is 12.9. The number of likely N-dealkylation sites (tertiary alicyclic amines) is 1. The molecular weight excluding hydrogens is 346 g/mol. The Balaban J connectivity index is 1.63. The number of piperidine rings is 1. The van der Waals surface area contributed by atoms with E-state index in [4.69, 9.17) is 4.98 Å². The number of hydrogen-bond acceptors (Lipinski definition) is 4. The summed E-state index contributed by atoms with van der Waals surface area (Å²) < 4.78 is 0. The van der Waals surface area contributed by atoms with Crippen molar-refractivity contribution >= 4 is 23.2 Å². The molecule has 0 radical (unpaired) electrons. The summed E-state index contributed by atoms with van der Waals surface area (Å²) in [7, 11) is 0. The molecule has 2 heterocycles. The lowest BCUT2D eigenvalue weighted by Gasteiger charge is -2.32. The van der Waals surface area contributed by atoms with E-state index in [1.807, 2.05) is 36.1 Å². The molecule has 1 N–H and O–H groups in total. The summed E-state index contributed by atoms with van der Waals surface area (Å²) in [6.45, 7) is 5.66. The van der Waals surface area contributed by atoms with Crippen molar-refractivity contribution in [1.82, 2.24) is 15.2 Å². The minimum Gasteiger partial charge on any atom is -0.356 e. The van der Waals surface area contributed by atoms with Crippen LogP contribution in [0.2, 0.25) is 0 Å². The highest BCUT2D eigenvalue weighted by atomic mass is 32.1. The molecule has 0 spiro atoms. The fraction of sp³-hybridized carbons (Fsp3) is 0.450. The Labute approximate surface area is 158 Å². The van der Waals surface area contributed by atoms with Crippen LogP contribution < -0.4 is 5.32 Å². The molecule has 1 aromatic heterocycles. The summed E-state index contributed by atoms with van der Waals surface area (Å²) >= 11 is 1.67. The first-order valence-corrected chi connectivity index (χ1v) is 9.96. The van der Waals surface area contributed by atoms with Gasteiger partial charge >= 0.3 is 0 Å². The number of nitrogens with zero attached hydrogens (tertiary/aromatic N) is 2. The van der Waals surface area contributed by atoms with E-state index in [0.717, 1.165) is 54.2 Å². The molecule has 138 valence electrons. The van der Waals surface area contributed by atoms with Crippen LogP contribution in [0, 0.1) is 6.92 Å². The lowest BCUT2D eigenvalue weighted by molar-refractivity contribution is -0.118. The van der Waals surface area contributed by atoms with E-state index in [0.29, 0.717) is 12.5 Å². The Kier molecular flexibility index (Phi) is 6.04. The molecule has 6 heteroatoms. The van der Waals surface area contributed by atoms with Gasteiger partial charge in [-0.2, -0.15) is 0 Å². The zero-order valence-corrected chi connectivity index (χ0v) is 16.1. The van der Waals surface area contributed by atoms with Crippen molar-refractivity contribution in [2.24, 2.45) is 0 Å². The van der Waals surface area contributed by atoms with Gasteiger partial charge in [-0.05, 0) is 31.4 Å². The largest absolute Gasteiger partial charge is 0.356 e. The minimum absolute atomic E-state index is 0.0157. The van der Waals surface area contributed by atoms with E-state index in [2.05, 4.69) is 10.7 Å². The van der Waals surface area contributed by atoms with Crippen molar-refractivity contribution in [2.75, 3.05) is 19.6 Å². The molecule has 0 saturated carbocycles. The maximum Gasteiger partial charge on any atom is 0.254 e. The number of carbonyl (C=O) groups is 2. The topological polar surface area (TPSA) is 62.3 Å². The fourth-order valence-corrected chi connectivity index (χ4v) is 4.32. The van der Waals surface area contributed by atoms with Crippen LogP contribution in [0.5, 0.6) is 0 Å². The van der Waals surface area contributed by atoms with Crippen molar-refractivity contribution in [2.45, 2.75) is 39.0 Å². The first-order chi connectivity index (χ1) is 12.5. The predicted octanol–water partition coefficient (Wildman–Crippen LogP) is 3.15. The van der Waals surface area contributed by atoms with Crippen molar-refractivity contribution < 1.29 is 9.59 Å². The van der Waals surface area contributed by atoms with Gasteiger partial charge in [-0.15, -0.1) is 11.3 Å². The van der Waals surface area contributed by atoms with Crippen LogP contribution >= 0.6 is 11.3 Å². The second-order valence-electron chi connectivity index (χ2n) is 6.82. The van der Waals surface area contributed by atoms with E-state index in [9.17, 15) is 9.59 Å². The fourth-order valence-electron chi connectivity index (χ4n) is 3.34. The monoisotopic (exact) mass is 371 g/mol. The number of thiazole rings is 1. The van der Waals surface area contributed by atoms with Gasteiger partial charge in [0.25, 0.3) is 5.91 Å². The van der Waals surface area contributed by atoms with E-state index >= 15 is 0 Å². The Bertz CT molecular complexity index is 787. The van der Waals surface area contributed by atoms with Crippen molar-refractivity contribution in [1.29, 1.82) is 0 Å². The molecule has 3 rings (SSSR count). The van der Waals surface area contributed by atoms with Gasteiger partial charge in [0.15, 0.2) is 0 Å². The average Bonchev–Trinajstić information content (AvgIpc) is 3.10. The third-order valence-corrected chi connectivity index (χ3v) is 5.81. The molecule has 0 bridgehead atoms. The molecule has 5 nitrogen and oxygen atoms in total. The first kappa shape index (κ1) is 18.6. The Hall–Kier alpha value is -2.21. The summed E-state index contributed by atoms with van der Waals surface area (Å²) in [5.41, 5.74) is 2.83. The van der Waals surface area contributed by atoms with Crippen molar-refractivity contribution in [3.05, 3.63) is 51.5 Å². The molecule has 1 fully saturated rings. The molecule has 1 aliphatic heterocycles. The predicted molar refractivity (Wildman–Crippen MR) is 104 cm³/mol. The van der Waals surface area contributed by atoms with Crippen LogP contribution in [0.15, 0.2) is 29.6 Å². The third-order valence-electron chi connectivity index (χ3n) is 4.76. The van der Waals surface area contributed by atoms with Gasteiger partial charge in [0, 0.05) is 49.8 Å². The van der Waals surface area contributed by atoms with Gasteiger partial charge in [0.1, 0.15) is 0 Å². The molecule has 26 heavy (non-hydrogen) atoms. The lowest BCUT2D eigenvalue weighted by Crippen LogP contribution is -2.39. The van der Waals surface area contributed by atoms with Gasteiger partial charge < -0.3 is 10.2 Å². The molecule has 1 saturated heterocycles. The summed E-state index contributed by atoms with van der Waals surface area (Å²) in [6.07, 6.45) is 2.81. The summed E-state index contributed by atoms with van der Waals surface area (Å²) in [6, 6.07) is 7.77. The number of benzene rings is 1. The van der Waals surface area contributed by atoms with Crippen LogP contribution in [-0.2, 0) is 11.2 Å². The smallest absolute Gasteiger partial charge is 0.254 e. The zero-order valence-electron chi connectivity index (χ0n) is 15.3. The van der Waals surface area contributed by atoms with Crippen LogP contribution in [0.3, 0.4) is 0 Å². The molecule has 1 aliphatic rings. The van der Waals surface area contributed by atoms with Crippen LogP contribution in [0.1, 0.15) is 52.3 Å². The normalized spacial score (nSPS) is 17.2.